The molecule has 2 rings (SSSR count). The Morgan fingerprint density at radius 1 is 1.35 bits per heavy atom. The number of nitrogens with two attached hydrogens (primary N) is 1. The summed E-state index contributed by atoms with van der Waals surface area (Å²) in [4.78, 5) is 19.0. The smallest absolute Gasteiger partial charge is 0.224 e. The zero-order valence-electron chi connectivity index (χ0n) is 11.4. The molecule has 5 heteroatoms. The highest BCUT2D eigenvalue weighted by Gasteiger charge is 2.16. The number of nitrogens with one attached hydrogen (secondary N) is 2. The van der Waals surface area contributed by atoms with Gasteiger partial charge in [-0.3, -0.25) is 4.79 Å². The molecule has 0 spiro atoms. The van der Waals surface area contributed by atoms with Crippen LogP contribution in [0, 0.1) is 5.92 Å². The molecule has 0 fully saturated rings. The maximum absolute atomic E-state index is 12.1. The second-order valence-corrected chi connectivity index (χ2v) is 4.74. The summed E-state index contributed by atoms with van der Waals surface area (Å²) in [5, 5.41) is 2.93. The SMILES string of the molecule is NCC(Cc1ccccc1)C(=O)NCCc1cnc[nH]1. The number of rotatable bonds is 7. The Labute approximate surface area is 118 Å². The van der Waals surface area contributed by atoms with Crippen molar-refractivity contribution in [3.05, 3.63) is 54.1 Å². The second-order valence-electron chi connectivity index (χ2n) is 4.74. The molecule has 1 aromatic heterocycles. The van der Waals surface area contributed by atoms with Crippen LogP contribution in [0.4, 0.5) is 0 Å². The first-order valence-corrected chi connectivity index (χ1v) is 6.78. The van der Waals surface area contributed by atoms with Gasteiger partial charge >= 0.3 is 0 Å². The highest BCUT2D eigenvalue weighted by atomic mass is 16.1. The first-order chi connectivity index (χ1) is 9.79. The van der Waals surface area contributed by atoms with Gasteiger partial charge in [0.2, 0.25) is 5.91 Å². The number of carbonyl (C=O) groups is 1. The van der Waals surface area contributed by atoms with Crippen molar-refractivity contribution < 1.29 is 4.79 Å². The van der Waals surface area contributed by atoms with Gasteiger partial charge in [0.15, 0.2) is 0 Å². The average Bonchev–Trinajstić information content (AvgIpc) is 2.99. The van der Waals surface area contributed by atoms with E-state index >= 15 is 0 Å². The number of H-pyrrole nitrogens is 1. The van der Waals surface area contributed by atoms with E-state index in [4.69, 9.17) is 5.73 Å². The third-order valence-corrected chi connectivity index (χ3v) is 3.23. The zero-order valence-corrected chi connectivity index (χ0v) is 11.4. The molecule has 0 saturated heterocycles. The molecule has 20 heavy (non-hydrogen) atoms. The van der Waals surface area contributed by atoms with Crippen LogP contribution in [0.3, 0.4) is 0 Å². The van der Waals surface area contributed by atoms with Crippen LogP contribution in [0.2, 0.25) is 0 Å². The molecule has 1 amide bonds. The predicted octanol–water partition coefficient (Wildman–Crippen LogP) is 0.886. The summed E-state index contributed by atoms with van der Waals surface area (Å²) in [7, 11) is 0. The van der Waals surface area contributed by atoms with E-state index < -0.39 is 0 Å². The largest absolute Gasteiger partial charge is 0.355 e. The molecule has 0 saturated carbocycles. The van der Waals surface area contributed by atoms with Crippen LogP contribution < -0.4 is 11.1 Å². The van der Waals surface area contributed by atoms with Gasteiger partial charge in [0, 0.05) is 31.4 Å². The number of carbonyl (C=O) groups excluding carboxylic acids is 1. The Morgan fingerprint density at radius 2 is 2.15 bits per heavy atom. The number of aromatic amines is 1. The van der Waals surface area contributed by atoms with Gasteiger partial charge in [-0.1, -0.05) is 30.3 Å². The molecule has 2 aromatic rings. The lowest BCUT2D eigenvalue weighted by Gasteiger charge is -2.14. The zero-order chi connectivity index (χ0) is 14.2. The molecule has 4 N–H and O–H groups in total. The minimum atomic E-state index is -0.181. The molecule has 1 atom stereocenters. The van der Waals surface area contributed by atoms with Crippen LogP contribution in [0.25, 0.3) is 0 Å². The second kappa shape index (κ2) is 7.45. The molecule has 0 radical (unpaired) electrons. The van der Waals surface area contributed by atoms with Crippen molar-refractivity contribution in [2.75, 3.05) is 13.1 Å². The standard InChI is InChI=1S/C15H20N4O/c16-9-13(8-12-4-2-1-3-5-12)15(20)18-7-6-14-10-17-11-19-14/h1-5,10-11,13H,6-9,16H2,(H,17,19)(H,18,20). The van der Waals surface area contributed by atoms with Crippen molar-refractivity contribution in [1.29, 1.82) is 0 Å². The van der Waals surface area contributed by atoms with Crippen LogP contribution in [-0.4, -0.2) is 29.0 Å². The summed E-state index contributed by atoms with van der Waals surface area (Å²) >= 11 is 0. The van der Waals surface area contributed by atoms with E-state index in [0.29, 0.717) is 19.5 Å². The lowest BCUT2D eigenvalue weighted by Crippen LogP contribution is -2.37. The van der Waals surface area contributed by atoms with E-state index in [9.17, 15) is 4.79 Å². The van der Waals surface area contributed by atoms with Crippen molar-refractivity contribution in [2.45, 2.75) is 12.8 Å². The number of amides is 1. The van der Waals surface area contributed by atoms with Crippen molar-refractivity contribution in [3.63, 3.8) is 0 Å². The van der Waals surface area contributed by atoms with Gasteiger partial charge in [-0.25, -0.2) is 4.98 Å². The molecule has 1 unspecified atom stereocenters. The van der Waals surface area contributed by atoms with Gasteiger partial charge in [-0.15, -0.1) is 0 Å². The van der Waals surface area contributed by atoms with Crippen molar-refractivity contribution in [1.82, 2.24) is 15.3 Å². The van der Waals surface area contributed by atoms with E-state index in [1.807, 2.05) is 30.3 Å². The molecular formula is C15H20N4O. The Morgan fingerprint density at radius 3 is 2.80 bits per heavy atom. The summed E-state index contributed by atoms with van der Waals surface area (Å²) in [6, 6.07) is 9.94. The predicted molar refractivity (Wildman–Crippen MR) is 78.0 cm³/mol. The lowest BCUT2D eigenvalue weighted by atomic mass is 9.98. The number of aromatic nitrogens is 2. The maximum atomic E-state index is 12.1. The van der Waals surface area contributed by atoms with Gasteiger partial charge in [-0.05, 0) is 12.0 Å². The van der Waals surface area contributed by atoms with Crippen LogP contribution in [-0.2, 0) is 17.6 Å². The highest BCUT2D eigenvalue weighted by molar-refractivity contribution is 5.79. The maximum Gasteiger partial charge on any atom is 0.224 e. The molecule has 0 aliphatic carbocycles. The fourth-order valence-corrected chi connectivity index (χ4v) is 2.07. The van der Waals surface area contributed by atoms with Gasteiger partial charge in [-0.2, -0.15) is 0 Å². The minimum absolute atomic E-state index is 0.0101. The molecule has 0 aliphatic heterocycles. The van der Waals surface area contributed by atoms with Gasteiger partial charge in [0.25, 0.3) is 0 Å². The normalized spacial score (nSPS) is 12.1. The fourth-order valence-electron chi connectivity index (χ4n) is 2.07. The van der Waals surface area contributed by atoms with Crippen LogP contribution in [0.5, 0.6) is 0 Å². The van der Waals surface area contributed by atoms with E-state index in [1.165, 1.54) is 0 Å². The highest BCUT2D eigenvalue weighted by Crippen LogP contribution is 2.08. The topological polar surface area (TPSA) is 83.8 Å². The monoisotopic (exact) mass is 272 g/mol. The van der Waals surface area contributed by atoms with Crippen LogP contribution in [0.1, 0.15) is 11.3 Å². The molecule has 0 aliphatic rings. The number of imidazole rings is 1. The summed E-state index contributed by atoms with van der Waals surface area (Å²) in [6.45, 7) is 0.942. The van der Waals surface area contributed by atoms with Crippen molar-refractivity contribution in [2.24, 2.45) is 11.7 Å². The summed E-state index contributed by atoms with van der Waals surface area (Å²) in [5.41, 5.74) is 7.85. The third-order valence-electron chi connectivity index (χ3n) is 3.23. The average molecular weight is 272 g/mol. The van der Waals surface area contributed by atoms with Crippen LogP contribution in [0.15, 0.2) is 42.9 Å². The van der Waals surface area contributed by atoms with Gasteiger partial charge in [0.1, 0.15) is 0 Å². The first-order valence-electron chi connectivity index (χ1n) is 6.78. The Balaban J connectivity index is 1.79. The van der Waals surface area contributed by atoms with Crippen molar-refractivity contribution in [3.8, 4) is 0 Å². The van der Waals surface area contributed by atoms with E-state index in [1.54, 1.807) is 12.5 Å². The van der Waals surface area contributed by atoms with Crippen LogP contribution >= 0.6 is 0 Å². The minimum Gasteiger partial charge on any atom is -0.355 e. The number of nitrogens with zero attached hydrogens (tertiary/aromatic N) is 1. The first kappa shape index (κ1) is 14.3. The Bertz CT molecular complexity index is 510. The fraction of sp³-hybridized carbons (Fsp3) is 0.333. The lowest BCUT2D eigenvalue weighted by molar-refractivity contribution is -0.124. The number of hydrogen-bond acceptors (Lipinski definition) is 3. The van der Waals surface area contributed by atoms with E-state index in [0.717, 1.165) is 17.7 Å². The van der Waals surface area contributed by atoms with Crippen molar-refractivity contribution >= 4 is 5.91 Å². The van der Waals surface area contributed by atoms with E-state index in [-0.39, 0.29) is 11.8 Å². The van der Waals surface area contributed by atoms with E-state index in [2.05, 4.69) is 15.3 Å². The third kappa shape index (κ3) is 4.20. The van der Waals surface area contributed by atoms with Gasteiger partial charge < -0.3 is 16.0 Å². The molecule has 0 bridgehead atoms. The quantitative estimate of drug-likeness (QED) is 0.700. The number of hydrogen-bond donors (Lipinski definition) is 3. The molecular weight excluding hydrogens is 252 g/mol. The summed E-state index contributed by atoms with van der Waals surface area (Å²) in [6.07, 6.45) is 4.81. The molecule has 1 heterocycles. The van der Waals surface area contributed by atoms with Gasteiger partial charge in [0.05, 0.1) is 12.2 Å². The number of benzene rings is 1. The summed E-state index contributed by atoms with van der Waals surface area (Å²) in [5.74, 6) is -0.171. The summed E-state index contributed by atoms with van der Waals surface area (Å²) < 4.78 is 0. The molecule has 106 valence electrons. The molecule has 1 aromatic carbocycles. The Hall–Kier alpha value is -2.14. The molecule has 5 nitrogen and oxygen atoms in total. The Kier molecular flexibility index (Phi) is 5.32.